The van der Waals surface area contributed by atoms with Crippen LogP contribution in [0.4, 0.5) is 14.6 Å². The highest BCUT2D eigenvalue weighted by molar-refractivity contribution is 6.23. The van der Waals surface area contributed by atoms with E-state index in [9.17, 15) is 23.2 Å². The fourth-order valence-electron chi connectivity index (χ4n) is 2.32. The van der Waals surface area contributed by atoms with Crippen molar-refractivity contribution >= 4 is 17.6 Å². The number of hydrogen-bond acceptors (Lipinski definition) is 5. The van der Waals surface area contributed by atoms with E-state index < -0.39 is 24.0 Å². The molecule has 0 atom stereocenters. The van der Waals surface area contributed by atoms with E-state index in [1.165, 1.54) is 24.3 Å². The average Bonchev–Trinajstić information content (AvgIpc) is 2.75. The summed E-state index contributed by atoms with van der Waals surface area (Å²) in [5, 5.41) is 2.05. The summed E-state index contributed by atoms with van der Waals surface area (Å²) in [4.78, 5) is 35.4. The molecule has 7 nitrogen and oxygen atoms in total. The zero-order valence-electron chi connectivity index (χ0n) is 11.4. The van der Waals surface area contributed by atoms with Crippen LogP contribution in [0.15, 0.2) is 35.1 Å². The van der Waals surface area contributed by atoms with Crippen molar-refractivity contribution in [2.24, 2.45) is 0 Å². The number of carbonyl (C=O) groups is 2. The summed E-state index contributed by atoms with van der Waals surface area (Å²) < 4.78 is 29.5. The summed E-state index contributed by atoms with van der Waals surface area (Å²) >= 11 is 0. The Labute approximate surface area is 127 Å². The highest BCUT2D eigenvalue weighted by atomic mass is 19.3. The van der Waals surface area contributed by atoms with Crippen LogP contribution in [0.2, 0.25) is 0 Å². The van der Waals surface area contributed by atoms with E-state index in [1.54, 1.807) is 0 Å². The molecular weight excluding hydrogens is 312 g/mol. The van der Waals surface area contributed by atoms with Crippen molar-refractivity contribution in [1.29, 1.82) is 0 Å². The number of ether oxygens (including phenoxy) is 1. The van der Waals surface area contributed by atoms with Gasteiger partial charge in [-0.2, -0.15) is 8.78 Å². The van der Waals surface area contributed by atoms with Gasteiger partial charge in [-0.25, -0.2) is 0 Å². The van der Waals surface area contributed by atoms with Crippen molar-refractivity contribution in [3.63, 3.8) is 0 Å². The van der Waals surface area contributed by atoms with Crippen LogP contribution in [0.25, 0.3) is 5.69 Å². The van der Waals surface area contributed by atoms with Gasteiger partial charge in [0.1, 0.15) is 11.6 Å². The minimum atomic E-state index is -2.97. The topological polar surface area (TPSA) is 103 Å². The lowest BCUT2D eigenvalue weighted by atomic mass is 10.1. The molecule has 3 N–H and O–H groups in total. The molecule has 1 aromatic heterocycles. The smallest absolute Gasteiger partial charge is 0.387 e. The number of carbonyl (C=O) groups excluding carboxylic acids is 2. The number of nitrogens with one attached hydrogen (secondary N) is 1. The number of alkyl halides is 2. The Morgan fingerprint density at radius 2 is 1.74 bits per heavy atom. The summed E-state index contributed by atoms with van der Waals surface area (Å²) in [7, 11) is 0. The summed E-state index contributed by atoms with van der Waals surface area (Å²) in [6.45, 7) is -2.97. The second kappa shape index (κ2) is 5.20. The van der Waals surface area contributed by atoms with E-state index in [0.29, 0.717) is 0 Å². The molecule has 1 aromatic carbocycles. The SMILES string of the molecule is Nc1c2c(cc(=O)n1-c1ccc(OC(F)F)cc1)C(=O)NC2=O. The van der Waals surface area contributed by atoms with Gasteiger partial charge >= 0.3 is 6.61 Å². The average molecular weight is 321 g/mol. The number of imide groups is 1. The number of halogens is 2. The molecule has 118 valence electrons. The van der Waals surface area contributed by atoms with Gasteiger partial charge in [0.05, 0.1) is 16.8 Å². The molecule has 0 saturated heterocycles. The third kappa shape index (κ3) is 2.41. The largest absolute Gasteiger partial charge is 0.435 e. The minimum absolute atomic E-state index is 0.0913. The highest BCUT2D eigenvalue weighted by Crippen LogP contribution is 2.24. The van der Waals surface area contributed by atoms with Crippen molar-refractivity contribution in [2.45, 2.75) is 6.61 Å². The molecule has 1 aliphatic rings. The van der Waals surface area contributed by atoms with Gasteiger partial charge in [0.15, 0.2) is 0 Å². The van der Waals surface area contributed by atoms with Crippen LogP contribution >= 0.6 is 0 Å². The molecule has 1 aliphatic heterocycles. The number of nitrogens with zero attached hydrogens (tertiary/aromatic N) is 1. The number of pyridine rings is 1. The summed E-state index contributed by atoms with van der Waals surface area (Å²) in [5.74, 6) is -1.70. The molecule has 0 unspecified atom stereocenters. The standard InChI is InChI=1S/C14H9F2N3O4/c15-14(16)23-7-3-1-6(2-4-7)19-9(20)5-8-10(11(19)17)13(22)18-12(8)21/h1-5,14H,17H2,(H,18,21,22). The third-order valence-electron chi connectivity index (χ3n) is 3.27. The molecule has 3 rings (SSSR count). The first kappa shape index (κ1) is 14.7. The van der Waals surface area contributed by atoms with Crippen LogP contribution in [-0.2, 0) is 0 Å². The molecule has 0 saturated carbocycles. The number of rotatable bonds is 3. The number of hydrogen-bond donors (Lipinski definition) is 2. The first-order valence-corrected chi connectivity index (χ1v) is 6.35. The molecule has 0 fully saturated rings. The Bertz CT molecular complexity index is 875. The Hall–Kier alpha value is -3.23. The minimum Gasteiger partial charge on any atom is -0.435 e. The molecule has 0 spiro atoms. The number of amides is 2. The Kier molecular flexibility index (Phi) is 3.32. The van der Waals surface area contributed by atoms with E-state index in [1.807, 2.05) is 5.32 Å². The number of benzene rings is 1. The van der Waals surface area contributed by atoms with Gasteiger partial charge in [-0.3, -0.25) is 24.3 Å². The van der Waals surface area contributed by atoms with Crippen LogP contribution in [0.3, 0.4) is 0 Å². The van der Waals surface area contributed by atoms with E-state index in [2.05, 4.69) is 4.74 Å². The van der Waals surface area contributed by atoms with Crippen LogP contribution in [-0.4, -0.2) is 23.0 Å². The molecule has 9 heteroatoms. The quantitative estimate of drug-likeness (QED) is 0.818. The number of anilines is 1. The van der Waals surface area contributed by atoms with Gasteiger partial charge < -0.3 is 10.5 Å². The first-order valence-electron chi connectivity index (χ1n) is 6.35. The fraction of sp³-hybridized carbons (Fsp3) is 0.0714. The van der Waals surface area contributed by atoms with Gasteiger partial charge in [-0.1, -0.05) is 0 Å². The van der Waals surface area contributed by atoms with E-state index in [4.69, 9.17) is 5.73 Å². The molecule has 0 bridgehead atoms. The first-order chi connectivity index (χ1) is 10.9. The Morgan fingerprint density at radius 3 is 2.35 bits per heavy atom. The van der Waals surface area contributed by atoms with E-state index >= 15 is 0 Å². The zero-order valence-corrected chi connectivity index (χ0v) is 11.4. The number of fused-ring (bicyclic) bond motifs is 1. The lowest BCUT2D eigenvalue weighted by Gasteiger charge is -2.12. The van der Waals surface area contributed by atoms with Gasteiger partial charge in [0.2, 0.25) is 0 Å². The van der Waals surface area contributed by atoms with Crippen LogP contribution in [0.5, 0.6) is 5.75 Å². The van der Waals surface area contributed by atoms with Gasteiger partial charge in [0.25, 0.3) is 17.4 Å². The molecule has 2 heterocycles. The number of aromatic nitrogens is 1. The molecule has 0 aliphatic carbocycles. The highest BCUT2D eigenvalue weighted by Gasteiger charge is 2.31. The maximum absolute atomic E-state index is 12.2. The third-order valence-corrected chi connectivity index (χ3v) is 3.27. The second-order valence-electron chi connectivity index (χ2n) is 4.65. The van der Waals surface area contributed by atoms with E-state index in [-0.39, 0.29) is 28.4 Å². The predicted octanol–water partition coefficient (Wildman–Crippen LogP) is 0.905. The molecule has 2 amide bonds. The normalized spacial score (nSPS) is 13.2. The molecular formula is C14H9F2N3O4. The molecule has 0 radical (unpaired) electrons. The summed E-state index contributed by atoms with van der Waals surface area (Å²) in [6.07, 6.45) is 0. The Balaban J connectivity index is 2.11. The van der Waals surface area contributed by atoms with Crippen LogP contribution < -0.4 is 21.3 Å². The molecule has 2 aromatic rings. The molecule has 23 heavy (non-hydrogen) atoms. The lowest BCUT2D eigenvalue weighted by molar-refractivity contribution is -0.0498. The van der Waals surface area contributed by atoms with Gasteiger partial charge in [-0.05, 0) is 24.3 Å². The van der Waals surface area contributed by atoms with Crippen LogP contribution in [0.1, 0.15) is 20.7 Å². The fourth-order valence-corrected chi connectivity index (χ4v) is 2.32. The zero-order chi connectivity index (χ0) is 16.7. The van der Waals surface area contributed by atoms with Crippen molar-refractivity contribution in [2.75, 3.05) is 5.73 Å². The van der Waals surface area contributed by atoms with Crippen LogP contribution in [0, 0.1) is 0 Å². The second-order valence-corrected chi connectivity index (χ2v) is 4.65. The maximum Gasteiger partial charge on any atom is 0.387 e. The number of nitrogens with two attached hydrogens (primary N) is 1. The lowest BCUT2D eigenvalue weighted by Crippen LogP contribution is -2.24. The Morgan fingerprint density at radius 1 is 1.09 bits per heavy atom. The summed E-state index contributed by atoms with van der Waals surface area (Å²) in [5.41, 5.74) is 5.26. The maximum atomic E-state index is 12.2. The van der Waals surface area contributed by atoms with Crippen molar-refractivity contribution in [1.82, 2.24) is 9.88 Å². The van der Waals surface area contributed by atoms with Crippen molar-refractivity contribution < 1.29 is 23.1 Å². The van der Waals surface area contributed by atoms with E-state index in [0.717, 1.165) is 10.6 Å². The van der Waals surface area contributed by atoms with Crippen molar-refractivity contribution in [3.8, 4) is 11.4 Å². The number of nitrogen functional groups attached to an aromatic ring is 1. The van der Waals surface area contributed by atoms with Gasteiger partial charge in [-0.15, -0.1) is 0 Å². The monoisotopic (exact) mass is 321 g/mol. The van der Waals surface area contributed by atoms with Crippen molar-refractivity contribution in [3.05, 3.63) is 51.8 Å². The van der Waals surface area contributed by atoms with Gasteiger partial charge in [0, 0.05) is 6.07 Å². The predicted molar refractivity (Wildman–Crippen MR) is 74.9 cm³/mol. The summed E-state index contributed by atoms with van der Waals surface area (Å²) in [6, 6.07) is 6.11.